The lowest BCUT2D eigenvalue weighted by Gasteiger charge is -2.22. The molecular weight excluding hydrogens is 353 g/mol. The maximum atomic E-state index is 12.6. The van der Waals surface area contributed by atoms with E-state index in [0.29, 0.717) is 0 Å². The maximum absolute atomic E-state index is 12.6. The highest BCUT2D eigenvalue weighted by molar-refractivity contribution is 8.00. The zero-order chi connectivity index (χ0) is 17.3. The number of carbonyl (C=O) groups excluding carboxylic acids is 1. The lowest BCUT2D eigenvalue weighted by Crippen LogP contribution is -2.49. The highest BCUT2D eigenvalue weighted by Gasteiger charge is 2.41. The smallest absolute Gasteiger partial charge is 0.346 e. The number of nitrogens with zero attached hydrogens (tertiary/aromatic N) is 1. The van der Waals surface area contributed by atoms with Crippen molar-refractivity contribution in [2.24, 2.45) is 0 Å². The van der Waals surface area contributed by atoms with E-state index in [1.165, 1.54) is 23.9 Å². The van der Waals surface area contributed by atoms with Crippen LogP contribution in [0, 0.1) is 6.92 Å². The third-order valence-corrected chi connectivity index (χ3v) is 6.28. The summed E-state index contributed by atoms with van der Waals surface area (Å²) in [5.74, 6) is -0.794. The highest BCUT2D eigenvalue weighted by Crippen LogP contribution is 2.28. The first-order chi connectivity index (χ1) is 10.6. The van der Waals surface area contributed by atoms with E-state index in [0.717, 1.165) is 9.87 Å². The Morgan fingerprint density at radius 3 is 2.52 bits per heavy atom. The van der Waals surface area contributed by atoms with Crippen molar-refractivity contribution in [1.29, 1.82) is 0 Å². The van der Waals surface area contributed by atoms with Gasteiger partial charge in [-0.2, -0.15) is 17.5 Å². The summed E-state index contributed by atoms with van der Waals surface area (Å²) in [7, 11) is -3.93. The first-order valence-electron chi connectivity index (χ1n) is 6.62. The van der Waals surface area contributed by atoms with Gasteiger partial charge in [-0.25, -0.2) is 8.42 Å². The van der Waals surface area contributed by atoms with Crippen LogP contribution in [0.5, 0.6) is 0 Å². The van der Waals surface area contributed by atoms with Gasteiger partial charge in [0.05, 0.1) is 10.8 Å². The zero-order valence-corrected chi connectivity index (χ0v) is 13.8. The number of hydrogen-bond acceptors (Lipinski definition) is 4. The van der Waals surface area contributed by atoms with Gasteiger partial charge in [-0.05, 0) is 19.1 Å². The number of benzene rings is 1. The first kappa shape index (κ1) is 18.1. The second-order valence-electron chi connectivity index (χ2n) is 5.05. The SMILES string of the molecule is Cc1ccc(S(=O)(=O)N2CSC[C@H]2C(=O)NCC(F)(F)F)cc1. The second kappa shape index (κ2) is 6.70. The molecule has 10 heteroatoms. The summed E-state index contributed by atoms with van der Waals surface area (Å²) in [4.78, 5) is 11.9. The molecule has 1 aromatic carbocycles. The van der Waals surface area contributed by atoms with E-state index < -0.39 is 34.7 Å². The van der Waals surface area contributed by atoms with Gasteiger partial charge in [0.1, 0.15) is 12.6 Å². The van der Waals surface area contributed by atoms with Crippen molar-refractivity contribution in [3.8, 4) is 0 Å². The molecule has 0 saturated carbocycles. The number of hydrogen-bond donors (Lipinski definition) is 1. The van der Waals surface area contributed by atoms with Gasteiger partial charge in [-0.1, -0.05) is 17.7 Å². The number of thioether (sulfide) groups is 1. The number of nitrogens with one attached hydrogen (secondary N) is 1. The average molecular weight is 368 g/mol. The van der Waals surface area contributed by atoms with E-state index in [1.54, 1.807) is 24.4 Å². The van der Waals surface area contributed by atoms with E-state index in [4.69, 9.17) is 0 Å². The fraction of sp³-hybridized carbons (Fsp3) is 0.462. The van der Waals surface area contributed by atoms with Gasteiger partial charge in [-0.3, -0.25) is 4.79 Å². The topological polar surface area (TPSA) is 66.5 Å². The summed E-state index contributed by atoms with van der Waals surface area (Å²) in [6.07, 6.45) is -4.54. The molecule has 128 valence electrons. The monoisotopic (exact) mass is 368 g/mol. The molecule has 0 radical (unpaired) electrons. The molecule has 1 amide bonds. The minimum Gasteiger partial charge on any atom is -0.346 e. The van der Waals surface area contributed by atoms with Crippen molar-refractivity contribution in [3.63, 3.8) is 0 Å². The molecule has 1 aliphatic rings. The number of sulfonamides is 1. The fourth-order valence-corrected chi connectivity index (χ4v) is 5.17. The molecule has 1 saturated heterocycles. The molecule has 0 aromatic heterocycles. The average Bonchev–Trinajstić information content (AvgIpc) is 2.94. The highest BCUT2D eigenvalue weighted by atomic mass is 32.2. The minimum atomic E-state index is -4.54. The van der Waals surface area contributed by atoms with Crippen LogP contribution in [0.1, 0.15) is 5.56 Å². The summed E-state index contributed by atoms with van der Waals surface area (Å²) < 4.78 is 62.6. The van der Waals surface area contributed by atoms with Gasteiger partial charge in [0.2, 0.25) is 15.9 Å². The largest absolute Gasteiger partial charge is 0.405 e. The standard InChI is InChI=1S/C13H15F3N2O3S2/c1-9-2-4-10(5-3-9)23(20,21)18-8-22-6-11(18)12(19)17-7-13(14,15)16/h2-5,11H,6-8H2,1H3,(H,17,19)/t11-/m0/s1. The van der Waals surface area contributed by atoms with Crippen LogP contribution in [0.4, 0.5) is 13.2 Å². The Kier molecular flexibility index (Phi) is 5.27. The van der Waals surface area contributed by atoms with E-state index in [-0.39, 0.29) is 16.5 Å². The van der Waals surface area contributed by atoms with Crippen LogP contribution in [-0.2, 0) is 14.8 Å². The molecule has 1 heterocycles. The third-order valence-electron chi connectivity index (χ3n) is 3.24. The molecule has 1 aromatic rings. The van der Waals surface area contributed by atoms with Crippen molar-refractivity contribution in [2.45, 2.75) is 24.0 Å². The Morgan fingerprint density at radius 1 is 1.35 bits per heavy atom. The minimum absolute atomic E-state index is 0.0132. The van der Waals surface area contributed by atoms with Crippen molar-refractivity contribution in [1.82, 2.24) is 9.62 Å². The number of amides is 1. The Morgan fingerprint density at radius 2 is 1.96 bits per heavy atom. The van der Waals surface area contributed by atoms with Crippen molar-refractivity contribution in [2.75, 3.05) is 18.2 Å². The Hall–Kier alpha value is -1.26. The summed E-state index contributed by atoms with van der Waals surface area (Å²) in [5, 5.41) is 1.74. The summed E-state index contributed by atoms with van der Waals surface area (Å²) >= 11 is 1.18. The number of halogens is 3. The lowest BCUT2D eigenvalue weighted by atomic mass is 10.2. The second-order valence-corrected chi connectivity index (χ2v) is 7.94. The molecule has 0 unspecified atom stereocenters. The fourth-order valence-electron chi connectivity index (χ4n) is 2.02. The van der Waals surface area contributed by atoms with Gasteiger partial charge in [0, 0.05) is 5.75 Å². The molecule has 0 spiro atoms. The van der Waals surface area contributed by atoms with Crippen molar-refractivity contribution in [3.05, 3.63) is 29.8 Å². The molecule has 2 rings (SSSR count). The van der Waals surface area contributed by atoms with E-state index in [1.807, 2.05) is 0 Å². The van der Waals surface area contributed by atoms with Crippen LogP contribution < -0.4 is 5.32 Å². The predicted molar refractivity (Wildman–Crippen MR) is 80.4 cm³/mol. The Labute approximate surface area is 136 Å². The molecular formula is C13H15F3N2O3S2. The molecule has 1 atom stereocenters. The van der Waals surface area contributed by atoms with Crippen molar-refractivity contribution >= 4 is 27.7 Å². The van der Waals surface area contributed by atoms with Crippen molar-refractivity contribution < 1.29 is 26.4 Å². The molecule has 0 aliphatic carbocycles. The zero-order valence-electron chi connectivity index (χ0n) is 12.1. The number of aryl methyl sites for hydroxylation is 1. The van der Waals surface area contributed by atoms with Crippen LogP contribution in [0.25, 0.3) is 0 Å². The molecule has 1 fully saturated rings. The normalized spacial score (nSPS) is 19.7. The van der Waals surface area contributed by atoms with Crippen LogP contribution in [-0.4, -0.2) is 49.0 Å². The summed E-state index contributed by atoms with van der Waals surface area (Å²) in [5.41, 5.74) is 0.874. The number of rotatable bonds is 4. The Bertz CT molecular complexity index is 675. The number of carbonyl (C=O) groups is 1. The van der Waals surface area contributed by atoms with E-state index in [9.17, 15) is 26.4 Å². The van der Waals surface area contributed by atoms with E-state index >= 15 is 0 Å². The molecule has 1 N–H and O–H groups in total. The van der Waals surface area contributed by atoms with Gasteiger partial charge >= 0.3 is 6.18 Å². The van der Waals surface area contributed by atoms with Crippen LogP contribution in [0.15, 0.2) is 29.2 Å². The maximum Gasteiger partial charge on any atom is 0.405 e. The third kappa shape index (κ3) is 4.39. The van der Waals surface area contributed by atoms with Gasteiger partial charge in [0.15, 0.2) is 0 Å². The molecule has 23 heavy (non-hydrogen) atoms. The van der Waals surface area contributed by atoms with Crippen LogP contribution in [0.3, 0.4) is 0 Å². The Balaban J connectivity index is 2.17. The molecule has 5 nitrogen and oxygen atoms in total. The lowest BCUT2D eigenvalue weighted by molar-refractivity contribution is -0.140. The molecule has 0 bridgehead atoms. The van der Waals surface area contributed by atoms with Crippen LogP contribution in [0.2, 0.25) is 0 Å². The van der Waals surface area contributed by atoms with Gasteiger partial charge in [-0.15, -0.1) is 11.8 Å². The van der Waals surface area contributed by atoms with Gasteiger partial charge in [0.25, 0.3) is 0 Å². The van der Waals surface area contributed by atoms with E-state index in [2.05, 4.69) is 0 Å². The molecule has 1 aliphatic heterocycles. The van der Waals surface area contributed by atoms with Gasteiger partial charge < -0.3 is 5.32 Å². The quantitative estimate of drug-likeness (QED) is 0.879. The number of alkyl halides is 3. The predicted octanol–water partition coefficient (Wildman–Crippen LogP) is 1.74. The summed E-state index contributed by atoms with van der Waals surface area (Å²) in [6.45, 7) is 0.320. The summed E-state index contributed by atoms with van der Waals surface area (Å²) in [6, 6.07) is 4.92. The van der Waals surface area contributed by atoms with Crippen LogP contribution >= 0.6 is 11.8 Å². The first-order valence-corrected chi connectivity index (χ1v) is 9.21.